The smallest absolute Gasteiger partial charge is 0.171 e. The molecule has 1 aromatic heterocycles. The minimum absolute atomic E-state index is 0.169. The van der Waals surface area contributed by atoms with E-state index in [0.717, 1.165) is 11.1 Å². The lowest BCUT2D eigenvalue weighted by molar-refractivity contribution is 0.431. The van der Waals surface area contributed by atoms with Gasteiger partial charge in [0, 0.05) is 24.9 Å². The molecule has 0 bridgehead atoms. The number of hydrogen-bond donors (Lipinski definition) is 2. The fourth-order valence-electron chi connectivity index (χ4n) is 1.84. The van der Waals surface area contributed by atoms with Crippen LogP contribution in [-0.2, 0) is 6.54 Å². The van der Waals surface area contributed by atoms with Crippen molar-refractivity contribution in [2.45, 2.75) is 19.9 Å². The van der Waals surface area contributed by atoms with Crippen LogP contribution in [-0.4, -0.2) is 21.4 Å². The molecule has 0 aliphatic heterocycles. The molecule has 0 radical (unpaired) electrons. The van der Waals surface area contributed by atoms with Crippen LogP contribution in [0.5, 0.6) is 0 Å². The van der Waals surface area contributed by atoms with Crippen LogP contribution in [0.15, 0.2) is 18.3 Å². The van der Waals surface area contributed by atoms with E-state index in [1.54, 1.807) is 0 Å². The molecule has 124 valence electrons. The third kappa shape index (κ3) is 4.19. The predicted octanol–water partition coefficient (Wildman–Crippen LogP) is 3.18. The number of anilines is 1. The van der Waals surface area contributed by atoms with Gasteiger partial charge in [-0.05, 0) is 18.6 Å². The van der Waals surface area contributed by atoms with E-state index >= 15 is 0 Å². The van der Waals surface area contributed by atoms with Crippen LogP contribution in [0.2, 0.25) is 0 Å². The fourth-order valence-corrected chi connectivity index (χ4v) is 2.05. The molecule has 1 heterocycles. The Balaban J connectivity index is 2.12. The molecule has 0 amide bonds. The summed E-state index contributed by atoms with van der Waals surface area (Å²) in [6.07, 6.45) is 2.30. The monoisotopic (exact) mass is 346 g/mol. The summed E-state index contributed by atoms with van der Waals surface area (Å²) in [7, 11) is 0. The Bertz CT molecular complexity index is 691. The standard InChI is InChI=1S/C14H14F4N4S/c1-2-4-19-14(23)20-11-3-5-22(21-11)7-8-12(17)9(15)6-10(16)13(8)18/h3,5-6H,2,4,7H2,1H3,(H2,19,20,21,23). The second-order valence-corrected chi connectivity index (χ2v) is 5.13. The van der Waals surface area contributed by atoms with Crippen molar-refractivity contribution < 1.29 is 17.6 Å². The molecule has 0 unspecified atom stereocenters. The molecule has 0 atom stereocenters. The van der Waals surface area contributed by atoms with Crippen molar-refractivity contribution in [2.24, 2.45) is 0 Å². The molecule has 2 aromatic rings. The second-order valence-electron chi connectivity index (χ2n) is 4.73. The van der Waals surface area contributed by atoms with Crippen molar-refractivity contribution in [3.8, 4) is 0 Å². The van der Waals surface area contributed by atoms with E-state index in [9.17, 15) is 17.6 Å². The number of halogens is 4. The maximum atomic E-state index is 13.6. The normalized spacial score (nSPS) is 10.7. The number of benzene rings is 1. The fraction of sp³-hybridized carbons (Fsp3) is 0.286. The SMILES string of the molecule is CCCNC(=S)Nc1ccn(Cc2c(F)c(F)cc(F)c2F)n1. The third-order valence-corrected chi connectivity index (χ3v) is 3.19. The number of rotatable bonds is 5. The third-order valence-electron chi connectivity index (χ3n) is 2.94. The molecule has 1 aromatic carbocycles. The molecule has 2 rings (SSSR count). The summed E-state index contributed by atoms with van der Waals surface area (Å²) in [5.74, 6) is -5.43. The van der Waals surface area contributed by atoms with Crippen LogP contribution in [0, 0.1) is 23.3 Å². The van der Waals surface area contributed by atoms with Crippen molar-refractivity contribution in [3.05, 3.63) is 47.2 Å². The minimum Gasteiger partial charge on any atom is -0.362 e. The summed E-state index contributed by atoms with van der Waals surface area (Å²) in [5, 5.41) is 10.1. The highest BCUT2D eigenvalue weighted by atomic mass is 32.1. The topological polar surface area (TPSA) is 41.9 Å². The molecular weight excluding hydrogens is 332 g/mol. The van der Waals surface area contributed by atoms with Gasteiger partial charge in [0.05, 0.1) is 12.1 Å². The van der Waals surface area contributed by atoms with Gasteiger partial charge in [-0.25, -0.2) is 17.6 Å². The number of hydrogen-bond acceptors (Lipinski definition) is 2. The van der Waals surface area contributed by atoms with Crippen molar-refractivity contribution in [3.63, 3.8) is 0 Å². The van der Waals surface area contributed by atoms with E-state index in [-0.39, 0.29) is 6.07 Å². The largest absolute Gasteiger partial charge is 0.362 e. The van der Waals surface area contributed by atoms with E-state index in [1.165, 1.54) is 12.3 Å². The zero-order chi connectivity index (χ0) is 17.0. The van der Waals surface area contributed by atoms with E-state index < -0.39 is 35.4 Å². The number of nitrogens with one attached hydrogen (secondary N) is 2. The molecular formula is C14H14F4N4S. The van der Waals surface area contributed by atoms with Gasteiger partial charge < -0.3 is 10.6 Å². The molecule has 2 N–H and O–H groups in total. The average Bonchev–Trinajstić information content (AvgIpc) is 2.94. The Morgan fingerprint density at radius 2 is 1.87 bits per heavy atom. The van der Waals surface area contributed by atoms with Crippen LogP contribution in [0.3, 0.4) is 0 Å². The number of nitrogens with zero attached hydrogens (tertiary/aromatic N) is 2. The first kappa shape index (κ1) is 17.2. The highest BCUT2D eigenvalue weighted by molar-refractivity contribution is 7.80. The predicted molar refractivity (Wildman–Crippen MR) is 82.1 cm³/mol. The molecule has 0 saturated heterocycles. The van der Waals surface area contributed by atoms with Crippen molar-refractivity contribution in [1.82, 2.24) is 15.1 Å². The zero-order valence-electron chi connectivity index (χ0n) is 12.2. The van der Waals surface area contributed by atoms with Crippen LogP contribution in [0.4, 0.5) is 23.4 Å². The van der Waals surface area contributed by atoms with Gasteiger partial charge in [-0.1, -0.05) is 6.92 Å². The first-order chi connectivity index (χ1) is 10.9. The van der Waals surface area contributed by atoms with Crippen LogP contribution in [0.1, 0.15) is 18.9 Å². The van der Waals surface area contributed by atoms with Gasteiger partial charge in [0.1, 0.15) is 0 Å². The number of thiocarbonyl (C=S) groups is 1. The lowest BCUT2D eigenvalue weighted by Gasteiger charge is -2.08. The Morgan fingerprint density at radius 1 is 1.22 bits per heavy atom. The Labute approximate surface area is 135 Å². The maximum absolute atomic E-state index is 13.6. The van der Waals surface area contributed by atoms with Gasteiger partial charge in [-0.2, -0.15) is 5.10 Å². The van der Waals surface area contributed by atoms with Gasteiger partial charge in [-0.15, -0.1) is 0 Å². The van der Waals surface area contributed by atoms with Gasteiger partial charge in [0.25, 0.3) is 0 Å². The summed E-state index contributed by atoms with van der Waals surface area (Å²) < 4.78 is 54.7. The van der Waals surface area contributed by atoms with Crippen molar-refractivity contribution in [1.29, 1.82) is 0 Å². The Morgan fingerprint density at radius 3 is 2.48 bits per heavy atom. The number of aromatic nitrogens is 2. The van der Waals surface area contributed by atoms with Crippen molar-refractivity contribution in [2.75, 3.05) is 11.9 Å². The summed E-state index contributed by atoms with van der Waals surface area (Å²) in [6.45, 7) is 2.21. The quantitative estimate of drug-likeness (QED) is 0.496. The zero-order valence-corrected chi connectivity index (χ0v) is 13.0. The molecule has 0 aliphatic rings. The summed E-state index contributed by atoms with van der Waals surface area (Å²) in [4.78, 5) is 0. The Hall–Kier alpha value is -2.16. The van der Waals surface area contributed by atoms with Crippen LogP contribution in [0.25, 0.3) is 0 Å². The highest BCUT2D eigenvalue weighted by Crippen LogP contribution is 2.20. The lowest BCUT2D eigenvalue weighted by atomic mass is 10.2. The van der Waals surface area contributed by atoms with E-state index in [2.05, 4.69) is 15.7 Å². The van der Waals surface area contributed by atoms with Crippen LogP contribution < -0.4 is 10.6 Å². The molecule has 4 nitrogen and oxygen atoms in total. The Kier molecular flexibility index (Phi) is 5.54. The summed E-state index contributed by atoms with van der Waals surface area (Å²) in [5.41, 5.74) is -0.733. The second kappa shape index (κ2) is 7.40. The molecule has 0 saturated carbocycles. The van der Waals surface area contributed by atoms with E-state index in [0.29, 0.717) is 17.5 Å². The van der Waals surface area contributed by atoms with Crippen LogP contribution >= 0.6 is 12.2 Å². The highest BCUT2D eigenvalue weighted by Gasteiger charge is 2.19. The lowest BCUT2D eigenvalue weighted by Crippen LogP contribution is -2.29. The summed E-state index contributed by atoms with van der Waals surface area (Å²) in [6, 6.07) is 1.69. The molecule has 0 aliphatic carbocycles. The first-order valence-electron chi connectivity index (χ1n) is 6.82. The average molecular weight is 346 g/mol. The van der Waals surface area contributed by atoms with E-state index in [4.69, 9.17) is 12.2 Å². The first-order valence-corrected chi connectivity index (χ1v) is 7.23. The van der Waals surface area contributed by atoms with Gasteiger partial charge in [0.2, 0.25) is 0 Å². The van der Waals surface area contributed by atoms with Gasteiger partial charge in [-0.3, -0.25) is 4.68 Å². The van der Waals surface area contributed by atoms with Gasteiger partial charge >= 0.3 is 0 Å². The molecule has 9 heteroatoms. The van der Waals surface area contributed by atoms with E-state index in [1.807, 2.05) is 6.92 Å². The van der Waals surface area contributed by atoms with Gasteiger partial charge in [0.15, 0.2) is 34.2 Å². The summed E-state index contributed by atoms with van der Waals surface area (Å²) >= 11 is 5.03. The minimum atomic E-state index is -1.45. The molecule has 0 spiro atoms. The van der Waals surface area contributed by atoms with Crippen molar-refractivity contribution >= 4 is 23.1 Å². The molecule has 0 fully saturated rings. The molecule has 23 heavy (non-hydrogen) atoms. The maximum Gasteiger partial charge on any atom is 0.171 e.